The minimum Gasteiger partial charge on any atom is -0.507 e. The number of aromatic hydroxyl groups is 1. The Morgan fingerprint density at radius 1 is 0.500 bits per heavy atom. The molecule has 2 nitrogen and oxygen atoms in total. The molecular weight excluding hydrogens is 318 g/mol. The molecule has 0 spiro atoms. The zero-order valence-electron chi connectivity index (χ0n) is 14.3. The largest absolute Gasteiger partial charge is 0.507 e. The van der Waals surface area contributed by atoms with Crippen molar-refractivity contribution in [1.29, 1.82) is 0 Å². The Bertz CT molecular complexity index is 1020. The third-order valence-electron chi connectivity index (χ3n) is 4.58. The predicted molar refractivity (Wildman–Crippen MR) is 109 cm³/mol. The van der Waals surface area contributed by atoms with Gasteiger partial charge in [-0.1, -0.05) is 84.9 Å². The lowest BCUT2D eigenvalue weighted by Crippen LogP contribution is -1.93. The summed E-state index contributed by atoms with van der Waals surface area (Å²) in [6, 6.07) is 31.9. The Labute approximate surface area is 153 Å². The number of phenolic OH excluding ortho intramolecular Hbond substituents is 1. The first-order valence-electron chi connectivity index (χ1n) is 8.57. The maximum atomic E-state index is 10.9. The van der Waals surface area contributed by atoms with E-state index in [1.165, 1.54) is 0 Å². The highest BCUT2D eigenvalue weighted by Crippen LogP contribution is 2.42. The van der Waals surface area contributed by atoms with Crippen molar-refractivity contribution in [2.75, 3.05) is 5.73 Å². The summed E-state index contributed by atoms with van der Waals surface area (Å²) >= 11 is 0. The van der Waals surface area contributed by atoms with Crippen molar-refractivity contribution in [3.63, 3.8) is 0 Å². The first-order chi connectivity index (χ1) is 12.7. The second-order valence-corrected chi connectivity index (χ2v) is 6.24. The van der Waals surface area contributed by atoms with Gasteiger partial charge in [0.1, 0.15) is 5.75 Å². The van der Waals surface area contributed by atoms with Crippen LogP contribution in [0.4, 0.5) is 5.69 Å². The van der Waals surface area contributed by atoms with E-state index in [1.807, 2.05) is 72.8 Å². The molecule has 0 saturated carbocycles. The number of nitrogens with two attached hydrogens (primary N) is 1. The fourth-order valence-electron chi connectivity index (χ4n) is 3.22. The van der Waals surface area contributed by atoms with E-state index in [9.17, 15) is 5.11 Å². The summed E-state index contributed by atoms with van der Waals surface area (Å²) in [4.78, 5) is 0. The summed E-state index contributed by atoms with van der Waals surface area (Å²) in [6.45, 7) is 0. The molecule has 4 rings (SSSR count). The molecule has 0 aromatic heterocycles. The van der Waals surface area contributed by atoms with Crippen molar-refractivity contribution in [3.8, 4) is 39.1 Å². The van der Waals surface area contributed by atoms with E-state index >= 15 is 0 Å². The highest BCUT2D eigenvalue weighted by atomic mass is 16.3. The van der Waals surface area contributed by atoms with Gasteiger partial charge in [-0.05, 0) is 34.4 Å². The van der Waals surface area contributed by atoms with Gasteiger partial charge < -0.3 is 10.8 Å². The molecule has 2 heteroatoms. The number of hydrogen-bond donors (Lipinski definition) is 2. The van der Waals surface area contributed by atoms with Crippen molar-refractivity contribution in [1.82, 2.24) is 0 Å². The molecule has 126 valence electrons. The van der Waals surface area contributed by atoms with E-state index < -0.39 is 0 Å². The van der Waals surface area contributed by atoms with E-state index in [0.717, 1.165) is 27.8 Å². The maximum Gasteiger partial charge on any atom is 0.133 e. The number of rotatable bonds is 3. The first-order valence-corrected chi connectivity index (χ1v) is 8.57. The van der Waals surface area contributed by atoms with Gasteiger partial charge >= 0.3 is 0 Å². The second kappa shape index (κ2) is 6.77. The molecule has 0 aliphatic carbocycles. The quantitative estimate of drug-likeness (QED) is 0.452. The van der Waals surface area contributed by atoms with Gasteiger partial charge in [0.05, 0.1) is 0 Å². The highest BCUT2D eigenvalue weighted by molar-refractivity contribution is 5.89. The van der Waals surface area contributed by atoms with Crippen molar-refractivity contribution in [2.24, 2.45) is 0 Å². The molecule has 0 heterocycles. The third kappa shape index (κ3) is 2.93. The molecule has 0 aliphatic heterocycles. The van der Waals surface area contributed by atoms with Crippen LogP contribution < -0.4 is 5.73 Å². The normalized spacial score (nSPS) is 10.6. The van der Waals surface area contributed by atoms with Crippen LogP contribution in [0, 0.1) is 0 Å². The standard InChI is InChI=1S/C24H19NO/c25-22-16-15-21(19-9-5-2-6-10-19)24(26)23(22)20-13-11-18(12-14-20)17-7-3-1-4-8-17/h1-16,26H,25H2. The first kappa shape index (κ1) is 16.0. The molecule has 0 radical (unpaired) electrons. The Kier molecular flexibility index (Phi) is 4.16. The average Bonchev–Trinajstić information content (AvgIpc) is 2.70. The molecule has 0 amide bonds. The lowest BCUT2D eigenvalue weighted by Gasteiger charge is -2.14. The van der Waals surface area contributed by atoms with Gasteiger partial charge in [0.25, 0.3) is 0 Å². The summed E-state index contributed by atoms with van der Waals surface area (Å²) in [6.07, 6.45) is 0. The van der Waals surface area contributed by atoms with Gasteiger partial charge in [-0.3, -0.25) is 0 Å². The molecule has 0 bridgehead atoms. The van der Waals surface area contributed by atoms with Crippen molar-refractivity contribution in [2.45, 2.75) is 0 Å². The SMILES string of the molecule is Nc1ccc(-c2ccccc2)c(O)c1-c1ccc(-c2ccccc2)cc1. The van der Waals surface area contributed by atoms with Crippen molar-refractivity contribution < 1.29 is 5.11 Å². The van der Waals surface area contributed by atoms with Crippen LogP contribution in [0.3, 0.4) is 0 Å². The van der Waals surface area contributed by atoms with Crippen molar-refractivity contribution in [3.05, 3.63) is 97.1 Å². The minimum absolute atomic E-state index is 0.212. The van der Waals surface area contributed by atoms with Crippen LogP contribution >= 0.6 is 0 Å². The molecule has 0 aliphatic rings. The molecule has 26 heavy (non-hydrogen) atoms. The number of hydrogen-bond acceptors (Lipinski definition) is 2. The molecule has 0 atom stereocenters. The zero-order chi connectivity index (χ0) is 17.9. The van der Waals surface area contributed by atoms with Crippen molar-refractivity contribution >= 4 is 5.69 Å². The number of benzene rings is 4. The molecule has 0 unspecified atom stereocenters. The second-order valence-electron chi connectivity index (χ2n) is 6.24. The number of nitrogen functional groups attached to an aromatic ring is 1. The third-order valence-corrected chi connectivity index (χ3v) is 4.58. The van der Waals surface area contributed by atoms with Crippen LogP contribution in [0.5, 0.6) is 5.75 Å². The molecule has 4 aromatic carbocycles. The Morgan fingerprint density at radius 3 is 1.62 bits per heavy atom. The summed E-state index contributed by atoms with van der Waals surface area (Å²) in [5.41, 5.74) is 12.4. The zero-order valence-corrected chi connectivity index (χ0v) is 14.3. The Balaban J connectivity index is 1.78. The summed E-state index contributed by atoms with van der Waals surface area (Å²) in [5, 5.41) is 10.9. The van der Waals surface area contributed by atoms with E-state index in [1.54, 1.807) is 0 Å². The number of phenols is 1. The van der Waals surface area contributed by atoms with Gasteiger partial charge in [-0.2, -0.15) is 0 Å². The molecule has 0 fully saturated rings. The van der Waals surface area contributed by atoms with Crippen LogP contribution in [0.25, 0.3) is 33.4 Å². The highest BCUT2D eigenvalue weighted by Gasteiger charge is 2.14. The summed E-state index contributed by atoms with van der Waals surface area (Å²) in [5.74, 6) is 0.212. The van der Waals surface area contributed by atoms with Gasteiger partial charge in [-0.15, -0.1) is 0 Å². The molecule has 3 N–H and O–H groups in total. The minimum atomic E-state index is 0.212. The maximum absolute atomic E-state index is 10.9. The topological polar surface area (TPSA) is 46.2 Å². The molecule has 0 saturated heterocycles. The fraction of sp³-hybridized carbons (Fsp3) is 0. The van der Waals surface area contributed by atoms with Crippen LogP contribution in [0.2, 0.25) is 0 Å². The Morgan fingerprint density at radius 2 is 1.00 bits per heavy atom. The van der Waals surface area contributed by atoms with E-state index in [-0.39, 0.29) is 5.75 Å². The predicted octanol–water partition coefficient (Wildman–Crippen LogP) is 5.98. The van der Waals surface area contributed by atoms with Gasteiger partial charge in [0.15, 0.2) is 0 Å². The van der Waals surface area contributed by atoms with Crippen LogP contribution in [-0.4, -0.2) is 5.11 Å². The van der Waals surface area contributed by atoms with Gasteiger partial charge in [-0.25, -0.2) is 0 Å². The van der Waals surface area contributed by atoms with E-state index in [2.05, 4.69) is 24.3 Å². The number of anilines is 1. The fourth-order valence-corrected chi connectivity index (χ4v) is 3.22. The van der Waals surface area contributed by atoms with Gasteiger partial charge in [0, 0.05) is 16.8 Å². The summed E-state index contributed by atoms with van der Waals surface area (Å²) in [7, 11) is 0. The van der Waals surface area contributed by atoms with E-state index in [0.29, 0.717) is 11.3 Å². The molecular formula is C24H19NO. The lowest BCUT2D eigenvalue weighted by molar-refractivity contribution is 0.479. The van der Waals surface area contributed by atoms with E-state index in [4.69, 9.17) is 5.73 Å². The average molecular weight is 337 g/mol. The smallest absolute Gasteiger partial charge is 0.133 e. The molecule has 4 aromatic rings. The Hall–Kier alpha value is -3.52. The monoisotopic (exact) mass is 337 g/mol. The lowest BCUT2D eigenvalue weighted by atomic mass is 9.94. The summed E-state index contributed by atoms with van der Waals surface area (Å²) < 4.78 is 0. The van der Waals surface area contributed by atoms with Crippen LogP contribution in [0.1, 0.15) is 0 Å². The van der Waals surface area contributed by atoms with Crippen LogP contribution in [-0.2, 0) is 0 Å². The van der Waals surface area contributed by atoms with Crippen LogP contribution in [0.15, 0.2) is 97.1 Å². The van der Waals surface area contributed by atoms with Gasteiger partial charge in [0.2, 0.25) is 0 Å².